The minimum atomic E-state index is -0.221. The molecule has 0 atom stereocenters. The highest BCUT2D eigenvalue weighted by Gasteiger charge is 2.34. The number of aromatic nitrogens is 4. The number of fused-ring (bicyclic) bond motifs is 1. The van der Waals surface area contributed by atoms with Crippen LogP contribution < -0.4 is 0 Å². The van der Waals surface area contributed by atoms with Gasteiger partial charge in [-0.2, -0.15) is 0 Å². The Morgan fingerprint density at radius 2 is 1.86 bits per heavy atom. The van der Waals surface area contributed by atoms with E-state index in [4.69, 9.17) is 9.26 Å². The van der Waals surface area contributed by atoms with Crippen molar-refractivity contribution in [2.24, 2.45) is 0 Å². The van der Waals surface area contributed by atoms with Crippen LogP contribution in [-0.4, -0.2) is 81.2 Å². The lowest BCUT2D eigenvalue weighted by Gasteiger charge is -2.31. The van der Waals surface area contributed by atoms with E-state index in [1.807, 2.05) is 30.5 Å². The highest BCUT2D eigenvalue weighted by molar-refractivity contribution is 6.03. The summed E-state index contributed by atoms with van der Waals surface area (Å²) in [4.78, 5) is 29.4. The summed E-state index contributed by atoms with van der Waals surface area (Å²) in [6.45, 7) is 2.66. The maximum absolute atomic E-state index is 13.3. The third kappa shape index (κ3) is 4.93. The Labute approximate surface area is 214 Å². The van der Waals surface area contributed by atoms with Crippen molar-refractivity contribution < 1.29 is 18.8 Å². The third-order valence-electron chi connectivity index (χ3n) is 7.30. The van der Waals surface area contributed by atoms with Crippen LogP contribution in [0.3, 0.4) is 0 Å². The van der Waals surface area contributed by atoms with E-state index in [9.17, 15) is 9.59 Å². The molecule has 1 aliphatic carbocycles. The maximum atomic E-state index is 13.3. The predicted octanol–water partition coefficient (Wildman–Crippen LogP) is 2.82. The van der Waals surface area contributed by atoms with Gasteiger partial charge < -0.3 is 19.1 Å². The second kappa shape index (κ2) is 10.3. The normalized spacial score (nSPS) is 18.1. The van der Waals surface area contributed by atoms with Crippen molar-refractivity contribution in [1.82, 2.24) is 30.0 Å². The van der Waals surface area contributed by atoms with E-state index < -0.39 is 0 Å². The monoisotopic (exact) mass is 502 g/mol. The molecule has 3 aromatic rings. The molecule has 2 aliphatic heterocycles. The number of hydrogen-bond acceptors (Lipinski definition) is 7. The lowest BCUT2D eigenvalue weighted by atomic mass is 9.96. The fourth-order valence-corrected chi connectivity index (χ4v) is 5.21. The minimum absolute atomic E-state index is 0.0490. The molecule has 2 aromatic heterocycles. The lowest BCUT2D eigenvalue weighted by Crippen LogP contribution is -2.48. The molecule has 0 radical (unpaired) electrons. The second-order valence-corrected chi connectivity index (χ2v) is 9.79. The van der Waals surface area contributed by atoms with E-state index >= 15 is 0 Å². The number of carbonyl (C=O) groups is 2. The Hall–Kier alpha value is -3.79. The molecule has 0 bridgehead atoms. The largest absolute Gasteiger partial charge is 0.378 e. The predicted molar refractivity (Wildman–Crippen MR) is 134 cm³/mol. The van der Waals surface area contributed by atoms with E-state index in [1.165, 1.54) is 18.4 Å². The Morgan fingerprint density at radius 3 is 2.65 bits per heavy atom. The Balaban J connectivity index is 1.16. The van der Waals surface area contributed by atoms with Gasteiger partial charge in [-0.25, -0.2) is 4.68 Å². The van der Waals surface area contributed by atoms with Crippen molar-refractivity contribution in [2.75, 3.05) is 39.4 Å². The van der Waals surface area contributed by atoms with Crippen molar-refractivity contribution in [3.05, 3.63) is 59.1 Å². The van der Waals surface area contributed by atoms with Gasteiger partial charge in [0.2, 0.25) is 5.91 Å². The number of amides is 2. The smallest absolute Gasteiger partial charge is 0.260 e. The first-order chi connectivity index (χ1) is 18.2. The van der Waals surface area contributed by atoms with Crippen molar-refractivity contribution in [3.8, 4) is 16.9 Å². The van der Waals surface area contributed by atoms with Crippen LogP contribution in [0.4, 0.5) is 0 Å². The fourth-order valence-electron chi connectivity index (χ4n) is 5.21. The summed E-state index contributed by atoms with van der Waals surface area (Å²) in [5, 5.41) is 12.9. The minimum Gasteiger partial charge on any atom is -0.378 e. The lowest BCUT2D eigenvalue weighted by molar-refractivity contribution is -0.136. The van der Waals surface area contributed by atoms with Gasteiger partial charge in [0.15, 0.2) is 5.76 Å². The Bertz CT molecular complexity index is 1320. The summed E-state index contributed by atoms with van der Waals surface area (Å²) in [6, 6.07) is 7.68. The summed E-state index contributed by atoms with van der Waals surface area (Å²) in [5.41, 5.74) is 4.99. The maximum Gasteiger partial charge on any atom is 0.260 e. The molecule has 3 aliphatic rings. The summed E-state index contributed by atoms with van der Waals surface area (Å²) >= 11 is 0. The first-order valence-corrected chi connectivity index (χ1v) is 13.0. The van der Waals surface area contributed by atoms with Gasteiger partial charge in [0.1, 0.15) is 17.8 Å². The summed E-state index contributed by atoms with van der Waals surface area (Å²) in [5.74, 6) is 0.285. The van der Waals surface area contributed by atoms with Crippen LogP contribution >= 0.6 is 0 Å². The van der Waals surface area contributed by atoms with Gasteiger partial charge >= 0.3 is 0 Å². The average Bonchev–Trinajstić information content (AvgIpc) is 3.59. The number of nitrogens with zero attached hydrogens (tertiary/aromatic N) is 6. The molecule has 10 heteroatoms. The Morgan fingerprint density at radius 1 is 1.03 bits per heavy atom. The number of carbonyl (C=O) groups excluding carboxylic acids is 2. The third-order valence-corrected chi connectivity index (χ3v) is 7.30. The van der Waals surface area contributed by atoms with E-state index in [-0.39, 0.29) is 18.4 Å². The zero-order valence-electron chi connectivity index (χ0n) is 20.8. The van der Waals surface area contributed by atoms with Crippen LogP contribution in [-0.2, 0) is 22.4 Å². The summed E-state index contributed by atoms with van der Waals surface area (Å²) in [7, 11) is 0. The van der Waals surface area contributed by atoms with Gasteiger partial charge in [-0.05, 0) is 37.8 Å². The van der Waals surface area contributed by atoms with Gasteiger partial charge in [0.05, 0.1) is 30.8 Å². The van der Waals surface area contributed by atoms with E-state index in [0.29, 0.717) is 56.3 Å². The number of ether oxygens (including phenoxy) is 1. The van der Waals surface area contributed by atoms with Crippen LogP contribution in [0.1, 0.15) is 47.5 Å². The zero-order valence-corrected chi connectivity index (χ0v) is 20.8. The molecule has 10 nitrogen and oxygen atoms in total. The van der Waals surface area contributed by atoms with Crippen molar-refractivity contribution in [1.29, 1.82) is 0 Å². The highest BCUT2D eigenvalue weighted by Crippen LogP contribution is 2.30. The van der Waals surface area contributed by atoms with Gasteiger partial charge in [0, 0.05) is 38.0 Å². The van der Waals surface area contributed by atoms with Gasteiger partial charge in [-0.15, -0.1) is 5.10 Å². The molecule has 37 heavy (non-hydrogen) atoms. The molecule has 0 unspecified atom stereocenters. The number of benzene rings is 1. The average molecular weight is 503 g/mol. The first kappa shape index (κ1) is 23.6. The quantitative estimate of drug-likeness (QED) is 0.477. The fraction of sp³-hybridized carbons (Fsp3) is 0.444. The van der Waals surface area contributed by atoms with Gasteiger partial charge in [-0.1, -0.05) is 34.2 Å². The topological polar surface area (TPSA) is 107 Å². The van der Waals surface area contributed by atoms with Gasteiger partial charge in [-0.3, -0.25) is 9.59 Å². The van der Waals surface area contributed by atoms with Crippen molar-refractivity contribution in [3.63, 3.8) is 0 Å². The van der Waals surface area contributed by atoms with E-state index in [1.54, 1.807) is 14.5 Å². The number of allylic oxidation sites excluding steroid dienone is 2. The molecule has 4 heterocycles. The molecular formula is C27H30N6O4. The molecule has 6 rings (SSSR count). The second-order valence-electron chi connectivity index (χ2n) is 9.79. The summed E-state index contributed by atoms with van der Waals surface area (Å²) < 4.78 is 12.6. The molecule has 1 aromatic carbocycles. The number of morpholine rings is 1. The van der Waals surface area contributed by atoms with Crippen molar-refractivity contribution >= 4 is 11.8 Å². The van der Waals surface area contributed by atoms with Crippen LogP contribution in [0.25, 0.3) is 16.9 Å². The SMILES string of the molecule is O=C(CN1CCc2onc(-c3ccc(-n4cc(CC5=CCCCC5)nn4)cc3)c2C1=O)N1CCOCC1. The molecule has 1 fully saturated rings. The van der Waals surface area contributed by atoms with E-state index in [0.717, 1.165) is 36.2 Å². The zero-order chi connectivity index (χ0) is 25.2. The molecule has 0 saturated carbocycles. The van der Waals surface area contributed by atoms with Crippen LogP contribution in [0.5, 0.6) is 0 Å². The van der Waals surface area contributed by atoms with E-state index in [2.05, 4.69) is 21.5 Å². The number of rotatable bonds is 6. The highest BCUT2D eigenvalue weighted by atomic mass is 16.5. The van der Waals surface area contributed by atoms with Crippen LogP contribution in [0.15, 0.2) is 46.6 Å². The molecular weight excluding hydrogens is 472 g/mol. The van der Waals surface area contributed by atoms with Crippen LogP contribution in [0, 0.1) is 0 Å². The molecule has 1 saturated heterocycles. The number of hydrogen-bond donors (Lipinski definition) is 0. The standard InChI is InChI=1S/C27H30N6O4/c34-24(31-12-14-36-15-13-31)18-32-11-10-23-25(27(32)35)26(29-37-23)20-6-8-22(9-7-20)33-17-21(28-30-33)16-19-4-2-1-3-5-19/h4,6-9,17H,1-3,5,10-16,18H2. The van der Waals surface area contributed by atoms with Crippen molar-refractivity contribution in [2.45, 2.75) is 38.5 Å². The molecule has 0 spiro atoms. The Kier molecular flexibility index (Phi) is 6.57. The molecule has 0 N–H and O–H groups in total. The molecule has 192 valence electrons. The summed E-state index contributed by atoms with van der Waals surface area (Å²) in [6.07, 6.45) is 10.5. The molecule has 2 amide bonds. The van der Waals surface area contributed by atoms with Crippen LogP contribution in [0.2, 0.25) is 0 Å². The first-order valence-electron chi connectivity index (χ1n) is 13.0. The van der Waals surface area contributed by atoms with Gasteiger partial charge in [0.25, 0.3) is 5.91 Å².